The molecule has 0 radical (unpaired) electrons. The Hall–Kier alpha value is -3.21. The van der Waals surface area contributed by atoms with E-state index in [4.69, 9.17) is 4.42 Å². The van der Waals surface area contributed by atoms with Crippen molar-refractivity contribution in [2.75, 3.05) is 5.32 Å². The number of aliphatic imine (C=N–C) groups is 2. The van der Waals surface area contributed by atoms with E-state index in [1.165, 1.54) is 12.1 Å². The molecule has 4 rings (SSSR count). The number of amidine groups is 2. The smallest absolute Gasteiger partial charge is 0.176 e. The molecule has 3 aromatic rings. The summed E-state index contributed by atoms with van der Waals surface area (Å²) in [4.78, 5) is 9.20. The van der Waals surface area contributed by atoms with Crippen molar-refractivity contribution in [2.45, 2.75) is 6.92 Å². The molecule has 0 saturated carbocycles. The molecule has 0 bridgehead atoms. The third kappa shape index (κ3) is 2.72. The largest absolute Gasteiger partial charge is 0.458 e. The van der Waals surface area contributed by atoms with Gasteiger partial charge in [-0.15, -0.1) is 0 Å². The van der Waals surface area contributed by atoms with E-state index in [2.05, 4.69) is 15.3 Å². The predicted octanol–water partition coefficient (Wildman–Crippen LogP) is 4.68. The van der Waals surface area contributed by atoms with Crippen molar-refractivity contribution in [1.29, 1.82) is 0 Å². The number of benzene rings is 2. The highest BCUT2D eigenvalue weighted by atomic mass is 19.1. The van der Waals surface area contributed by atoms with E-state index in [1.54, 1.807) is 6.07 Å². The fraction of sp³-hybridized carbons (Fsp3) is 0.0526. The zero-order valence-electron chi connectivity index (χ0n) is 13.0. The Bertz CT molecular complexity index is 958. The van der Waals surface area contributed by atoms with E-state index >= 15 is 0 Å². The zero-order chi connectivity index (χ0) is 16.5. The molecule has 24 heavy (non-hydrogen) atoms. The summed E-state index contributed by atoms with van der Waals surface area (Å²) in [7, 11) is 0. The lowest BCUT2D eigenvalue weighted by Crippen LogP contribution is -2.14. The number of nitrogens with one attached hydrogen (secondary N) is 1. The minimum Gasteiger partial charge on any atom is -0.458 e. The molecule has 0 spiro atoms. The summed E-state index contributed by atoms with van der Waals surface area (Å²) in [6.07, 6.45) is 0. The topological polar surface area (TPSA) is 49.9 Å². The van der Waals surface area contributed by atoms with Crippen molar-refractivity contribution < 1.29 is 8.81 Å². The molecule has 0 saturated heterocycles. The van der Waals surface area contributed by atoms with Gasteiger partial charge in [0.1, 0.15) is 11.6 Å². The molecule has 1 aliphatic heterocycles. The minimum atomic E-state index is -0.338. The molecule has 5 heteroatoms. The minimum absolute atomic E-state index is 0.338. The summed E-state index contributed by atoms with van der Waals surface area (Å²) in [5, 5.41) is 3.13. The van der Waals surface area contributed by atoms with Crippen molar-refractivity contribution in [1.82, 2.24) is 0 Å². The van der Waals surface area contributed by atoms with Crippen molar-refractivity contribution in [3.8, 4) is 0 Å². The molecule has 1 aliphatic rings. The third-order valence-corrected chi connectivity index (χ3v) is 3.66. The van der Waals surface area contributed by atoms with Crippen LogP contribution in [0.25, 0.3) is 0 Å². The number of rotatable bonds is 2. The van der Waals surface area contributed by atoms with Gasteiger partial charge in [0, 0.05) is 5.56 Å². The Morgan fingerprint density at radius 2 is 1.79 bits per heavy atom. The van der Waals surface area contributed by atoms with E-state index in [1.807, 2.05) is 49.4 Å². The van der Waals surface area contributed by atoms with Crippen molar-refractivity contribution >= 4 is 23.0 Å². The van der Waals surface area contributed by atoms with Gasteiger partial charge in [-0.25, -0.2) is 14.4 Å². The van der Waals surface area contributed by atoms with Crippen molar-refractivity contribution in [3.05, 3.63) is 83.6 Å². The SMILES string of the molecule is Cc1ccc(C2=NC(c3ccccc3)=Nc3ccc(F)cc3N2)o1. The molecule has 0 amide bonds. The number of hydrogen-bond donors (Lipinski definition) is 1. The van der Waals surface area contributed by atoms with Gasteiger partial charge in [-0.1, -0.05) is 30.3 Å². The fourth-order valence-electron chi connectivity index (χ4n) is 2.50. The second-order valence-corrected chi connectivity index (χ2v) is 5.46. The summed E-state index contributed by atoms with van der Waals surface area (Å²) in [6.45, 7) is 1.86. The number of hydrogen-bond acceptors (Lipinski definition) is 4. The van der Waals surface area contributed by atoms with Crippen LogP contribution >= 0.6 is 0 Å². The van der Waals surface area contributed by atoms with Gasteiger partial charge in [-0.2, -0.15) is 0 Å². The number of aryl methyl sites for hydroxylation is 1. The Morgan fingerprint density at radius 1 is 0.958 bits per heavy atom. The first-order valence-corrected chi connectivity index (χ1v) is 7.55. The number of furan rings is 1. The normalized spacial score (nSPS) is 13.4. The van der Waals surface area contributed by atoms with Crippen LogP contribution in [0.1, 0.15) is 17.1 Å². The molecule has 1 N–H and O–H groups in total. The summed E-state index contributed by atoms with van der Waals surface area (Å²) >= 11 is 0. The molecule has 2 heterocycles. The number of nitrogens with zero attached hydrogens (tertiary/aromatic N) is 2. The molecular formula is C19H14FN3O. The van der Waals surface area contributed by atoms with E-state index in [0.29, 0.717) is 28.8 Å². The van der Waals surface area contributed by atoms with Crippen LogP contribution in [0.15, 0.2) is 75.1 Å². The summed E-state index contributed by atoms with van der Waals surface area (Å²) in [5.41, 5.74) is 2.04. The van der Waals surface area contributed by atoms with E-state index in [0.717, 1.165) is 11.3 Å². The molecule has 0 unspecified atom stereocenters. The second-order valence-electron chi connectivity index (χ2n) is 5.46. The van der Waals surface area contributed by atoms with E-state index < -0.39 is 0 Å². The Balaban J connectivity index is 1.89. The van der Waals surface area contributed by atoms with Crippen molar-refractivity contribution in [3.63, 3.8) is 0 Å². The van der Waals surface area contributed by atoms with E-state index in [9.17, 15) is 4.39 Å². The van der Waals surface area contributed by atoms with Crippen LogP contribution in [0.2, 0.25) is 0 Å². The zero-order valence-corrected chi connectivity index (χ0v) is 13.0. The van der Waals surface area contributed by atoms with Crippen LogP contribution in [0.5, 0.6) is 0 Å². The highest BCUT2D eigenvalue weighted by molar-refractivity contribution is 6.18. The first kappa shape index (κ1) is 14.4. The monoisotopic (exact) mass is 319 g/mol. The Labute approximate surface area is 138 Å². The molecule has 2 aromatic carbocycles. The fourth-order valence-corrected chi connectivity index (χ4v) is 2.50. The lowest BCUT2D eigenvalue weighted by atomic mass is 10.2. The van der Waals surface area contributed by atoms with Gasteiger partial charge in [-0.3, -0.25) is 0 Å². The van der Waals surface area contributed by atoms with Gasteiger partial charge in [-0.05, 0) is 37.3 Å². The average molecular weight is 319 g/mol. The van der Waals surface area contributed by atoms with Crippen LogP contribution in [0, 0.1) is 12.7 Å². The van der Waals surface area contributed by atoms with Gasteiger partial charge in [0.25, 0.3) is 0 Å². The van der Waals surface area contributed by atoms with Gasteiger partial charge in [0.05, 0.1) is 11.4 Å². The third-order valence-electron chi connectivity index (χ3n) is 3.66. The molecule has 4 nitrogen and oxygen atoms in total. The van der Waals surface area contributed by atoms with Gasteiger partial charge >= 0.3 is 0 Å². The molecule has 0 fully saturated rings. The highest BCUT2D eigenvalue weighted by Crippen LogP contribution is 2.30. The van der Waals surface area contributed by atoms with Crippen LogP contribution in [-0.2, 0) is 0 Å². The average Bonchev–Trinajstić information content (AvgIpc) is 2.93. The maximum Gasteiger partial charge on any atom is 0.176 e. The van der Waals surface area contributed by atoms with Crippen LogP contribution in [0.3, 0.4) is 0 Å². The quantitative estimate of drug-likeness (QED) is 0.745. The lowest BCUT2D eigenvalue weighted by Gasteiger charge is -2.07. The second kappa shape index (κ2) is 5.77. The Kier molecular flexibility index (Phi) is 3.46. The number of anilines is 1. The molecule has 0 aliphatic carbocycles. The first-order valence-electron chi connectivity index (χ1n) is 7.55. The van der Waals surface area contributed by atoms with Gasteiger partial charge in [0.2, 0.25) is 0 Å². The summed E-state index contributed by atoms with van der Waals surface area (Å²) < 4.78 is 19.3. The first-order chi connectivity index (χ1) is 11.7. The Morgan fingerprint density at radius 3 is 2.54 bits per heavy atom. The van der Waals surface area contributed by atoms with E-state index in [-0.39, 0.29) is 5.82 Å². The standard InChI is InChI=1S/C19H14FN3O/c1-12-7-10-17(24-12)19-22-16-11-14(20)8-9-15(16)21-18(23-19)13-5-3-2-4-6-13/h2-11H,1H3,(H,21,22,23). The molecule has 118 valence electrons. The number of halogens is 1. The lowest BCUT2D eigenvalue weighted by molar-refractivity contribution is 0.525. The number of fused-ring (bicyclic) bond motifs is 1. The van der Waals surface area contributed by atoms with Gasteiger partial charge < -0.3 is 9.73 Å². The van der Waals surface area contributed by atoms with Crippen molar-refractivity contribution in [2.24, 2.45) is 9.98 Å². The molecule has 0 atom stereocenters. The summed E-state index contributed by atoms with van der Waals surface area (Å²) in [6, 6.07) is 17.7. The highest BCUT2D eigenvalue weighted by Gasteiger charge is 2.17. The van der Waals surface area contributed by atoms with Gasteiger partial charge in [0.15, 0.2) is 17.4 Å². The molecular weight excluding hydrogens is 305 g/mol. The predicted molar refractivity (Wildman–Crippen MR) is 92.6 cm³/mol. The van der Waals surface area contributed by atoms with Crippen LogP contribution < -0.4 is 5.32 Å². The maximum atomic E-state index is 13.6. The maximum absolute atomic E-state index is 13.6. The molecule has 1 aromatic heterocycles. The van der Waals surface area contributed by atoms with Crippen LogP contribution in [-0.4, -0.2) is 11.7 Å². The summed E-state index contributed by atoms with van der Waals surface area (Å²) in [5.74, 6) is 2.05. The van der Waals surface area contributed by atoms with Crippen LogP contribution in [0.4, 0.5) is 15.8 Å².